The predicted molar refractivity (Wildman–Crippen MR) is 112 cm³/mol. The highest BCUT2D eigenvalue weighted by atomic mass is 32.2. The molecule has 0 atom stereocenters. The van der Waals surface area contributed by atoms with Gasteiger partial charge in [-0.1, -0.05) is 30.0 Å². The SMILES string of the molecule is Cc1ccccc1OCCSc1nnc(-c2ccncc2)n1-c1ccc(F)cc1. The fourth-order valence-corrected chi connectivity index (χ4v) is 3.65. The Hall–Kier alpha value is -3.19. The van der Waals surface area contributed by atoms with E-state index in [1.54, 1.807) is 36.3 Å². The van der Waals surface area contributed by atoms with Crippen molar-refractivity contribution in [2.45, 2.75) is 12.1 Å². The number of ether oxygens (including phenoxy) is 1. The monoisotopic (exact) mass is 406 g/mol. The third-order valence-corrected chi connectivity index (χ3v) is 5.22. The van der Waals surface area contributed by atoms with Gasteiger partial charge in [-0.15, -0.1) is 10.2 Å². The third-order valence-electron chi connectivity index (χ3n) is 4.32. The first-order valence-corrected chi connectivity index (χ1v) is 10.1. The minimum absolute atomic E-state index is 0.284. The molecule has 0 spiro atoms. The van der Waals surface area contributed by atoms with Crippen molar-refractivity contribution >= 4 is 11.8 Å². The Bertz CT molecular complexity index is 1080. The van der Waals surface area contributed by atoms with Crippen LogP contribution >= 0.6 is 11.8 Å². The van der Waals surface area contributed by atoms with E-state index < -0.39 is 0 Å². The molecule has 4 aromatic rings. The first-order valence-electron chi connectivity index (χ1n) is 9.15. The van der Waals surface area contributed by atoms with Gasteiger partial charge in [0, 0.05) is 29.4 Å². The van der Waals surface area contributed by atoms with Crippen LogP contribution in [0.1, 0.15) is 5.56 Å². The molecule has 0 bridgehead atoms. The van der Waals surface area contributed by atoms with Crippen molar-refractivity contribution in [2.75, 3.05) is 12.4 Å². The summed E-state index contributed by atoms with van der Waals surface area (Å²) in [5, 5.41) is 9.44. The van der Waals surface area contributed by atoms with Crippen LogP contribution in [0, 0.1) is 12.7 Å². The Morgan fingerprint density at radius 2 is 1.72 bits per heavy atom. The lowest BCUT2D eigenvalue weighted by Crippen LogP contribution is -2.04. The van der Waals surface area contributed by atoms with Crippen LogP contribution in [-0.4, -0.2) is 32.1 Å². The third kappa shape index (κ3) is 4.46. The zero-order valence-corrected chi connectivity index (χ0v) is 16.6. The van der Waals surface area contributed by atoms with Gasteiger partial charge >= 0.3 is 0 Å². The molecule has 0 saturated carbocycles. The Balaban J connectivity index is 1.56. The first kappa shape index (κ1) is 19.1. The van der Waals surface area contributed by atoms with Gasteiger partial charge in [-0.3, -0.25) is 9.55 Å². The molecule has 0 fully saturated rings. The van der Waals surface area contributed by atoms with Crippen LogP contribution in [0.15, 0.2) is 78.2 Å². The molecule has 0 unspecified atom stereocenters. The Morgan fingerprint density at radius 1 is 0.966 bits per heavy atom. The van der Waals surface area contributed by atoms with Crippen LogP contribution in [-0.2, 0) is 0 Å². The average molecular weight is 406 g/mol. The predicted octanol–water partition coefficient (Wildman–Crippen LogP) is 4.95. The maximum atomic E-state index is 13.4. The van der Waals surface area contributed by atoms with Crippen molar-refractivity contribution in [3.05, 3.63) is 84.4 Å². The molecule has 0 aliphatic carbocycles. The van der Waals surface area contributed by atoms with Gasteiger partial charge in [-0.2, -0.15) is 0 Å². The van der Waals surface area contributed by atoms with Crippen molar-refractivity contribution in [1.82, 2.24) is 19.7 Å². The highest BCUT2D eigenvalue weighted by Crippen LogP contribution is 2.28. The van der Waals surface area contributed by atoms with Gasteiger partial charge in [-0.25, -0.2) is 4.39 Å². The fraction of sp³-hybridized carbons (Fsp3) is 0.136. The summed E-state index contributed by atoms with van der Waals surface area (Å²) in [5.41, 5.74) is 2.79. The summed E-state index contributed by atoms with van der Waals surface area (Å²) in [4.78, 5) is 4.06. The highest BCUT2D eigenvalue weighted by Gasteiger charge is 2.16. The van der Waals surface area contributed by atoms with Gasteiger partial charge in [0.1, 0.15) is 11.6 Å². The van der Waals surface area contributed by atoms with Crippen molar-refractivity contribution in [2.24, 2.45) is 0 Å². The van der Waals surface area contributed by atoms with Crippen molar-refractivity contribution < 1.29 is 9.13 Å². The lowest BCUT2D eigenvalue weighted by molar-refractivity contribution is 0.341. The van der Waals surface area contributed by atoms with Crippen LogP contribution in [0.25, 0.3) is 17.1 Å². The number of halogens is 1. The lowest BCUT2D eigenvalue weighted by Gasteiger charge is -2.11. The molecule has 0 aliphatic rings. The largest absolute Gasteiger partial charge is 0.492 e. The van der Waals surface area contributed by atoms with Gasteiger partial charge in [-0.05, 0) is 55.0 Å². The Kier molecular flexibility index (Phi) is 5.86. The van der Waals surface area contributed by atoms with Crippen molar-refractivity contribution in [3.63, 3.8) is 0 Å². The topological polar surface area (TPSA) is 52.8 Å². The number of aryl methyl sites for hydroxylation is 1. The average Bonchev–Trinajstić information content (AvgIpc) is 3.17. The van der Waals surface area contributed by atoms with Gasteiger partial charge in [0.05, 0.1) is 6.61 Å². The molecule has 0 aliphatic heterocycles. The number of benzene rings is 2. The van der Waals surface area contributed by atoms with E-state index >= 15 is 0 Å². The van der Waals surface area contributed by atoms with Gasteiger partial charge in [0.2, 0.25) is 0 Å². The van der Waals surface area contributed by atoms with Crippen LogP contribution in [0.4, 0.5) is 4.39 Å². The van der Waals surface area contributed by atoms with E-state index in [2.05, 4.69) is 15.2 Å². The number of pyridine rings is 1. The quantitative estimate of drug-likeness (QED) is 0.321. The molecule has 5 nitrogen and oxygen atoms in total. The van der Waals surface area contributed by atoms with E-state index in [1.807, 2.05) is 47.9 Å². The molecule has 2 aromatic heterocycles. The summed E-state index contributed by atoms with van der Waals surface area (Å²) in [5.74, 6) is 1.98. The van der Waals surface area contributed by atoms with Crippen molar-refractivity contribution in [1.29, 1.82) is 0 Å². The summed E-state index contributed by atoms with van der Waals surface area (Å²) in [6.07, 6.45) is 3.42. The zero-order valence-electron chi connectivity index (χ0n) is 15.8. The molecule has 29 heavy (non-hydrogen) atoms. The molecule has 0 radical (unpaired) electrons. The lowest BCUT2D eigenvalue weighted by atomic mass is 10.2. The summed E-state index contributed by atoms with van der Waals surface area (Å²) in [6, 6.07) is 18.0. The van der Waals surface area contributed by atoms with E-state index in [-0.39, 0.29) is 5.82 Å². The fourth-order valence-electron chi connectivity index (χ4n) is 2.88. The molecule has 2 aromatic carbocycles. The number of hydrogen-bond donors (Lipinski definition) is 0. The van der Waals surface area contributed by atoms with Gasteiger partial charge < -0.3 is 4.74 Å². The summed E-state index contributed by atoms with van der Waals surface area (Å²) in [7, 11) is 0. The van der Waals surface area contributed by atoms with E-state index in [4.69, 9.17) is 4.74 Å². The van der Waals surface area contributed by atoms with Crippen molar-refractivity contribution in [3.8, 4) is 22.8 Å². The number of para-hydroxylation sites is 1. The maximum absolute atomic E-state index is 13.4. The molecule has 0 N–H and O–H groups in total. The Labute approximate surface area is 172 Å². The van der Waals surface area contributed by atoms with Crippen LogP contribution in [0.5, 0.6) is 5.75 Å². The molecule has 146 valence electrons. The van der Waals surface area contributed by atoms with E-state index in [1.165, 1.54) is 12.1 Å². The minimum atomic E-state index is -0.284. The Morgan fingerprint density at radius 3 is 2.48 bits per heavy atom. The number of aromatic nitrogens is 4. The maximum Gasteiger partial charge on any atom is 0.196 e. The number of hydrogen-bond acceptors (Lipinski definition) is 5. The molecular weight excluding hydrogens is 387 g/mol. The molecule has 0 amide bonds. The summed E-state index contributed by atoms with van der Waals surface area (Å²) < 4.78 is 21.2. The second-order valence-corrected chi connectivity index (χ2v) is 7.38. The molecule has 7 heteroatoms. The van der Waals surface area contributed by atoms with Gasteiger partial charge in [0.25, 0.3) is 0 Å². The number of nitrogens with zero attached hydrogens (tertiary/aromatic N) is 4. The summed E-state index contributed by atoms with van der Waals surface area (Å²) >= 11 is 1.54. The second-order valence-electron chi connectivity index (χ2n) is 6.32. The molecule has 2 heterocycles. The molecular formula is C22H19FN4OS. The second kappa shape index (κ2) is 8.87. The number of thioether (sulfide) groups is 1. The minimum Gasteiger partial charge on any atom is -0.492 e. The van der Waals surface area contributed by atoms with Crippen LogP contribution < -0.4 is 4.74 Å². The normalized spacial score (nSPS) is 10.8. The standard InChI is InChI=1S/C22H19FN4OS/c1-16-4-2-3-5-20(16)28-14-15-29-22-26-25-21(17-10-12-24-13-11-17)27(22)19-8-6-18(23)7-9-19/h2-13H,14-15H2,1H3. The van der Waals surface area contributed by atoms with E-state index in [9.17, 15) is 4.39 Å². The summed E-state index contributed by atoms with van der Waals surface area (Å²) in [6.45, 7) is 2.56. The molecule has 0 saturated heterocycles. The zero-order chi connectivity index (χ0) is 20.1. The first-order chi connectivity index (χ1) is 14.2. The van der Waals surface area contributed by atoms with Crippen LogP contribution in [0.3, 0.4) is 0 Å². The van der Waals surface area contributed by atoms with Gasteiger partial charge in [0.15, 0.2) is 11.0 Å². The number of rotatable bonds is 7. The highest BCUT2D eigenvalue weighted by molar-refractivity contribution is 7.99. The van der Waals surface area contributed by atoms with E-state index in [0.29, 0.717) is 18.2 Å². The molecule has 4 rings (SSSR count). The smallest absolute Gasteiger partial charge is 0.196 e. The van der Waals surface area contributed by atoms with E-state index in [0.717, 1.165) is 27.7 Å². The van der Waals surface area contributed by atoms with Crippen LogP contribution in [0.2, 0.25) is 0 Å².